The van der Waals surface area contributed by atoms with Crippen molar-refractivity contribution in [2.45, 2.75) is 44.1 Å². The summed E-state index contributed by atoms with van der Waals surface area (Å²) < 4.78 is 5.31. The molecule has 1 N–H and O–H groups in total. The van der Waals surface area contributed by atoms with E-state index < -0.39 is 5.41 Å². The van der Waals surface area contributed by atoms with E-state index in [-0.39, 0.29) is 23.8 Å². The highest BCUT2D eigenvalue weighted by atomic mass is 16.5. The molecule has 180 valence electrons. The van der Waals surface area contributed by atoms with Crippen molar-refractivity contribution in [2.75, 3.05) is 33.8 Å². The van der Waals surface area contributed by atoms with Crippen LogP contribution < -0.4 is 10.1 Å². The van der Waals surface area contributed by atoms with Gasteiger partial charge in [-0.15, -0.1) is 0 Å². The summed E-state index contributed by atoms with van der Waals surface area (Å²) >= 11 is 0. The lowest BCUT2D eigenvalue weighted by atomic mass is 9.77. The minimum atomic E-state index is -0.543. The predicted octanol–water partition coefficient (Wildman–Crippen LogP) is 3.30. The third kappa shape index (κ3) is 4.39. The molecule has 2 aromatic carbocycles. The zero-order chi connectivity index (χ0) is 24.3. The van der Waals surface area contributed by atoms with E-state index in [2.05, 4.69) is 5.32 Å². The lowest BCUT2D eigenvalue weighted by Gasteiger charge is -2.44. The number of rotatable bonds is 5. The fraction of sp³-hybridized carbons (Fsp3) is 0.444. The Labute approximate surface area is 201 Å². The molecule has 1 unspecified atom stereocenters. The van der Waals surface area contributed by atoms with Gasteiger partial charge in [-0.3, -0.25) is 14.4 Å². The summed E-state index contributed by atoms with van der Waals surface area (Å²) in [7, 11) is 3.23. The Morgan fingerprint density at radius 1 is 1.03 bits per heavy atom. The van der Waals surface area contributed by atoms with Crippen LogP contribution in [0.25, 0.3) is 0 Å². The summed E-state index contributed by atoms with van der Waals surface area (Å²) in [6, 6.07) is 14.9. The number of methoxy groups -OCH3 is 1. The van der Waals surface area contributed by atoms with Gasteiger partial charge in [-0.1, -0.05) is 37.1 Å². The van der Waals surface area contributed by atoms with Crippen molar-refractivity contribution in [3.8, 4) is 5.75 Å². The molecule has 2 aromatic rings. The maximum Gasteiger partial charge on any atom is 0.251 e. The Bertz CT molecular complexity index is 1060. The van der Waals surface area contributed by atoms with Gasteiger partial charge in [-0.2, -0.15) is 0 Å². The maximum absolute atomic E-state index is 14.1. The first-order valence-corrected chi connectivity index (χ1v) is 11.9. The molecule has 1 heterocycles. The van der Waals surface area contributed by atoms with Gasteiger partial charge in [0.2, 0.25) is 11.8 Å². The highest BCUT2D eigenvalue weighted by Gasteiger charge is 2.46. The Morgan fingerprint density at radius 2 is 1.74 bits per heavy atom. The van der Waals surface area contributed by atoms with E-state index in [4.69, 9.17) is 4.74 Å². The molecule has 0 spiro atoms. The Kier molecular flexibility index (Phi) is 6.91. The van der Waals surface area contributed by atoms with Crippen LogP contribution >= 0.6 is 0 Å². The largest absolute Gasteiger partial charge is 0.497 e. The molecule has 0 radical (unpaired) electrons. The van der Waals surface area contributed by atoms with Crippen molar-refractivity contribution in [1.29, 1.82) is 0 Å². The van der Waals surface area contributed by atoms with Gasteiger partial charge < -0.3 is 19.9 Å². The van der Waals surface area contributed by atoms with Crippen molar-refractivity contribution >= 4 is 17.7 Å². The molecule has 1 atom stereocenters. The minimum Gasteiger partial charge on any atom is -0.497 e. The molecule has 1 saturated heterocycles. The molecule has 1 aliphatic heterocycles. The molecule has 1 saturated carbocycles. The van der Waals surface area contributed by atoms with Crippen molar-refractivity contribution in [3.05, 3.63) is 65.2 Å². The first kappa shape index (κ1) is 23.8. The number of amides is 3. The SMILES string of the molecule is CNC(=O)c1cccc(C2CN(C(=O)C3(c4ccc(OC)cc4)CCCC3)CCN2C(C)=O)c1. The number of carbonyl (C=O) groups is 3. The highest BCUT2D eigenvalue weighted by molar-refractivity contribution is 5.94. The average molecular weight is 464 g/mol. The summed E-state index contributed by atoms with van der Waals surface area (Å²) in [5.74, 6) is 0.693. The van der Waals surface area contributed by atoms with Crippen molar-refractivity contribution < 1.29 is 19.1 Å². The minimum absolute atomic E-state index is 0.0341. The van der Waals surface area contributed by atoms with Crippen LogP contribution in [-0.4, -0.2) is 61.3 Å². The number of carbonyl (C=O) groups excluding carboxylic acids is 3. The number of ether oxygens (including phenoxy) is 1. The van der Waals surface area contributed by atoms with Crippen LogP contribution in [-0.2, 0) is 15.0 Å². The van der Waals surface area contributed by atoms with Gasteiger partial charge in [-0.05, 0) is 48.2 Å². The number of benzene rings is 2. The van der Waals surface area contributed by atoms with Crippen LogP contribution in [0.4, 0.5) is 0 Å². The second-order valence-corrected chi connectivity index (χ2v) is 9.20. The van der Waals surface area contributed by atoms with E-state index in [1.165, 1.54) is 0 Å². The van der Waals surface area contributed by atoms with Gasteiger partial charge in [-0.25, -0.2) is 0 Å². The standard InChI is InChI=1S/C27H33N3O4/c1-19(31)30-16-15-29(18-24(30)20-7-6-8-21(17-20)25(32)28-2)26(33)27(13-4-5-14-27)22-9-11-23(34-3)12-10-22/h6-12,17,24H,4-5,13-16,18H2,1-3H3,(H,28,32). The molecule has 4 rings (SSSR count). The van der Waals surface area contributed by atoms with Gasteiger partial charge in [0, 0.05) is 39.2 Å². The first-order chi connectivity index (χ1) is 16.4. The first-order valence-electron chi connectivity index (χ1n) is 11.9. The second-order valence-electron chi connectivity index (χ2n) is 9.20. The molecule has 34 heavy (non-hydrogen) atoms. The number of hydrogen-bond acceptors (Lipinski definition) is 4. The Balaban J connectivity index is 1.65. The molecule has 7 nitrogen and oxygen atoms in total. The van der Waals surface area contributed by atoms with Gasteiger partial charge in [0.05, 0.1) is 18.6 Å². The summed E-state index contributed by atoms with van der Waals surface area (Å²) in [6.45, 7) is 2.94. The molecular weight excluding hydrogens is 430 g/mol. The Morgan fingerprint density at radius 3 is 2.35 bits per heavy atom. The fourth-order valence-electron chi connectivity index (χ4n) is 5.48. The maximum atomic E-state index is 14.1. The van der Waals surface area contributed by atoms with Crippen LogP contribution in [0.1, 0.15) is 60.1 Å². The summed E-state index contributed by atoms with van der Waals surface area (Å²) in [6.07, 6.45) is 3.68. The van der Waals surface area contributed by atoms with E-state index in [0.717, 1.165) is 42.6 Å². The molecule has 0 aromatic heterocycles. The van der Waals surface area contributed by atoms with Crippen molar-refractivity contribution in [2.24, 2.45) is 0 Å². The predicted molar refractivity (Wildman–Crippen MR) is 130 cm³/mol. The zero-order valence-electron chi connectivity index (χ0n) is 20.2. The van der Waals surface area contributed by atoms with E-state index >= 15 is 0 Å². The molecule has 2 fully saturated rings. The molecule has 3 amide bonds. The summed E-state index contributed by atoms with van der Waals surface area (Å²) in [5, 5.41) is 2.65. The number of nitrogens with one attached hydrogen (secondary N) is 1. The lowest BCUT2D eigenvalue weighted by Crippen LogP contribution is -2.56. The topological polar surface area (TPSA) is 79.0 Å². The van der Waals surface area contributed by atoms with Gasteiger partial charge in [0.1, 0.15) is 5.75 Å². The van der Waals surface area contributed by atoms with Crippen molar-refractivity contribution in [3.63, 3.8) is 0 Å². The van der Waals surface area contributed by atoms with Gasteiger partial charge in [0.25, 0.3) is 5.91 Å². The second kappa shape index (κ2) is 9.87. The number of hydrogen-bond donors (Lipinski definition) is 1. The van der Waals surface area contributed by atoms with Crippen molar-refractivity contribution in [1.82, 2.24) is 15.1 Å². The summed E-state index contributed by atoms with van der Waals surface area (Å²) in [5.41, 5.74) is 1.89. The molecule has 7 heteroatoms. The number of piperazine rings is 1. The molecular formula is C27H33N3O4. The van der Waals surface area contributed by atoms with E-state index in [0.29, 0.717) is 25.2 Å². The average Bonchev–Trinajstić information content (AvgIpc) is 3.38. The van der Waals surface area contributed by atoms with Crippen LogP contribution in [0.5, 0.6) is 5.75 Å². The lowest BCUT2D eigenvalue weighted by molar-refractivity contribution is -0.145. The van der Waals surface area contributed by atoms with E-state index in [1.54, 1.807) is 32.0 Å². The third-order valence-corrected chi connectivity index (χ3v) is 7.34. The molecule has 2 aliphatic rings. The van der Waals surface area contributed by atoms with E-state index in [9.17, 15) is 14.4 Å². The van der Waals surface area contributed by atoms with Crippen LogP contribution in [0.15, 0.2) is 48.5 Å². The smallest absolute Gasteiger partial charge is 0.251 e. The fourth-order valence-corrected chi connectivity index (χ4v) is 5.48. The van der Waals surface area contributed by atoms with Crippen LogP contribution in [0.2, 0.25) is 0 Å². The zero-order valence-corrected chi connectivity index (χ0v) is 20.2. The monoisotopic (exact) mass is 463 g/mol. The van der Waals surface area contributed by atoms with E-state index in [1.807, 2.05) is 47.4 Å². The third-order valence-electron chi connectivity index (χ3n) is 7.34. The van der Waals surface area contributed by atoms with Crippen LogP contribution in [0, 0.1) is 0 Å². The van der Waals surface area contributed by atoms with Gasteiger partial charge >= 0.3 is 0 Å². The Hall–Kier alpha value is -3.35. The summed E-state index contributed by atoms with van der Waals surface area (Å²) in [4.78, 5) is 42.5. The normalized spacial score (nSPS) is 19.6. The van der Waals surface area contributed by atoms with Gasteiger partial charge in [0.15, 0.2) is 0 Å². The highest BCUT2D eigenvalue weighted by Crippen LogP contribution is 2.44. The molecule has 0 bridgehead atoms. The molecule has 1 aliphatic carbocycles. The number of nitrogens with zero attached hydrogens (tertiary/aromatic N) is 2. The quantitative estimate of drug-likeness (QED) is 0.738. The van der Waals surface area contributed by atoms with Crippen LogP contribution in [0.3, 0.4) is 0 Å².